The van der Waals surface area contributed by atoms with Crippen molar-refractivity contribution in [3.8, 4) is 0 Å². The Morgan fingerprint density at radius 2 is 0.766 bits per heavy atom. The van der Waals surface area contributed by atoms with Crippen LogP contribution in [0.2, 0.25) is 0 Å². The number of rotatable bonds is 61. The van der Waals surface area contributed by atoms with Crippen molar-refractivity contribution in [3.05, 3.63) is 60.8 Å². The minimum atomic E-state index is -4.61. The van der Waals surface area contributed by atoms with Gasteiger partial charge in [-0.3, -0.25) is 9.36 Å². The number of aliphatic hydroxyl groups excluding tert-OH is 1. The van der Waals surface area contributed by atoms with Crippen LogP contribution in [0.4, 0.5) is 0 Å². The van der Waals surface area contributed by atoms with Crippen molar-refractivity contribution in [2.24, 2.45) is 0 Å². The number of aliphatic hydroxyl groups is 1. The Hall–Kier alpha value is -1.80. The molecule has 0 spiro atoms. The molecular formula is C68H129N2O6P. The third-order valence-corrected chi connectivity index (χ3v) is 15.9. The van der Waals surface area contributed by atoms with Gasteiger partial charge in [0.05, 0.1) is 39.9 Å². The average molecular weight is 1100 g/mol. The summed E-state index contributed by atoms with van der Waals surface area (Å²) in [6.07, 6.45) is 80.5. The first-order chi connectivity index (χ1) is 37.5. The second-order valence-corrected chi connectivity index (χ2v) is 25.2. The number of allylic oxidation sites excluding steroid dienone is 9. The maximum absolute atomic E-state index is 13.0. The van der Waals surface area contributed by atoms with E-state index in [0.29, 0.717) is 17.4 Å². The van der Waals surface area contributed by atoms with Gasteiger partial charge in [0.2, 0.25) is 5.91 Å². The predicted octanol–water partition coefficient (Wildman–Crippen LogP) is 20.2. The number of amides is 1. The lowest BCUT2D eigenvalue weighted by Crippen LogP contribution is -2.45. The molecule has 3 atom stereocenters. The van der Waals surface area contributed by atoms with Crippen LogP contribution in [0, 0.1) is 0 Å². The van der Waals surface area contributed by atoms with E-state index < -0.39 is 26.6 Å². The lowest BCUT2D eigenvalue weighted by molar-refractivity contribution is -0.870. The molecule has 0 fully saturated rings. The fraction of sp³-hybridized carbons (Fsp3) is 0.838. The van der Waals surface area contributed by atoms with Gasteiger partial charge in [0.1, 0.15) is 13.2 Å². The number of likely N-dealkylation sites (N-methyl/N-ethyl adjacent to an activating group) is 1. The number of carbonyl (C=O) groups is 1. The SMILES string of the molecule is CCCCCCC/C=C\C/C=C\C/C=C\CCCCCCCCCCC(=O)NC(COP(=O)([O-])OCC[N+](C)(C)C)C(O)/C=C/CC/C=C/CCCCCCCCCCCCCCCCCCCCCCCCCCCC. The fourth-order valence-electron chi connectivity index (χ4n) is 9.77. The predicted molar refractivity (Wildman–Crippen MR) is 334 cm³/mol. The Kier molecular flexibility index (Phi) is 57.5. The molecule has 2 N–H and O–H groups in total. The van der Waals surface area contributed by atoms with Crippen LogP contribution in [-0.4, -0.2) is 68.5 Å². The van der Waals surface area contributed by atoms with Gasteiger partial charge in [-0.25, -0.2) is 0 Å². The van der Waals surface area contributed by atoms with E-state index in [-0.39, 0.29) is 12.5 Å². The zero-order chi connectivity index (χ0) is 56.3. The first-order valence-electron chi connectivity index (χ1n) is 33.2. The Bertz CT molecular complexity index is 1440. The van der Waals surface area contributed by atoms with Crippen LogP contribution < -0.4 is 10.2 Å². The van der Waals surface area contributed by atoms with E-state index in [1.165, 1.54) is 231 Å². The van der Waals surface area contributed by atoms with Crippen molar-refractivity contribution < 1.29 is 32.9 Å². The van der Waals surface area contributed by atoms with Crippen LogP contribution in [0.5, 0.6) is 0 Å². The van der Waals surface area contributed by atoms with E-state index in [9.17, 15) is 19.4 Å². The first kappa shape index (κ1) is 75.2. The molecule has 0 aromatic rings. The van der Waals surface area contributed by atoms with Crippen LogP contribution in [0.1, 0.15) is 316 Å². The molecule has 0 radical (unpaired) electrons. The zero-order valence-electron chi connectivity index (χ0n) is 51.7. The molecule has 0 heterocycles. The molecule has 0 aliphatic heterocycles. The summed E-state index contributed by atoms with van der Waals surface area (Å²) in [6, 6.07) is -0.912. The molecule has 77 heavy (non-hydrogen) atoms. The number of carbonyl (C=O) groups excluding carboxylic acids is 1. The normalized spacial score (nSPS) is 14.1. The van der Waals surface area contributed by atoms with Gasteiger partial charge in [0, 0.05) is 6.42 Å². The summed E-state index contributed by atoms with van der Waals surface area (Å²) in [7, 11) is 1.24. The summed E-state index contributed by atoms with van der Waals surface area (Å²) in [6.45, 7) is 4.64. The molecule has 0 aromatic heterocycles. The van der Waals surface area contributed by atoms with Crippen molar-refractivity contribution in [2.45, 2.75) is 328 Å². The van der Waals surface area contributed by atoms with Crippen LogP contribution in [0.15, 0.2) is 60.8 Å². The summed E-state index contributed by atoms with van der Waals surface area (Å²) in [5.41, 5.74) is 0. The Labute approximate surface area is 479 Å². The molecule has 0 saturated heterocycles. The number of phosphoric ester groups is 1. The van der Waals surface area contributed by atoms with Gasteiger partial charge >= 0.3 is 0 Å². The fourth-order valence-corrected chi connectivity index (χ4v) is 10.5. The van der Waals surface area contributed by atoms with E-state index in [1.54, 1.807) is 6.08 Å². The average Bonchev–Trinajstić information content (AvgIpc) is 3.39. The number of nitrogens with one attached hydrogen (secondary N) is 1. The molecular weight excluding hydrogens is 972 g/mol. The van der Waals surface area contributed by atoms with Crippen molar-refractivity contribution in [3.63, 3.8) is 0 Å². The molecule has 0 aliphatic carbocycles. The van der Waals surface area contributed by atoms with Gasteiger partial charge in [-0.1, -0.05) is 299 Å². The minimum absolute atomic E-state index is 0.00961. The van der Waals surface area contributed by atoms with Crippen LogP contribution >= 0.6 is 7.82 Å². The molecule has 8 nitrogen and oxygen atoms in total. The summed E-state index contributed by atoms with van der Waals surface area (Å²) < 4.78 is 23.4. The lowest BCUT2D eigenvalue weighted by atomic mass is 10.0. The quantitative estimate of drug-likeness (QED) is 0.0272. The zero-order valence-corrected chi connectivity index (χ0v) is 52.6. The van der Waals surface area contributed by atoms with Gasteiger partial charge in [0.25, 0.3) is 7.82 Å². The van der Waals surface area contributed by atoms with Crippen LogP contribution in [0.3, 0.4) is 0 Å². The number of hydrogen-bond acceptors (Lipinski definition) is 6. The Balaban J connectivity index is 4.15. The number of unbranched alkanes of at least 4 members (excludes halogenated alkanes) is 40. The molecule has 1 amide bonds. The highest BCUT2D eigenvalue weighted by atomic mass is 31.2. The monoisotopic (exact) mass is 1100 g/mol. The van der Waals surface area contributed by atoms with E-state index in [4.69, 9.17) is 9.05 Å². The molecule has 9 heteroatoms. The maximum atomic E-state index is 13.0. The lowest BCUT2D eigenvalue weighted by Gasteiger charge is -2.29. The number of phosphoric acid groups is 1. The first-order valence-corrected chi connectivity index (χ1v) is 34.6. The van der Waals surface area contributed by atoms with Crippen molar-refractivity contribution in [1.29, 1.82) is 0 Å². The third-order valence-electron chi connectivity index (χ3n) is 14.9. The van der Waals surface area contributed by atoms with Crippen LogP contribution in [-0.2, 0) is 18.4 Å². The van der Waals surface area contributed by atoms with E-state index in [1.807, 2.05) is 27.2 Å². The van der Waals surface area contributed by atoms with E-state index >= 15 is 0 Å². The molecule has 0 bridgehead atoms. The minimum Gasteiger partial charge on any atom is -0.756 e. The van der Waals surface area contributed by atoms with Crippen molar-refractivity contribution >= 4 is 13.7 Å². The maximum Gasteiger partial charge on any atom is 0.268 e. The highest BCUT2D eigenvalue weighted by Crippen LogP contribution is 2.38. The van der Waals surface area contributed by atoms with Gasteiger partial charge in [0.15, 0.2) is 0 Å². The van der Waals surface area contributed by atoms with Crippen molar-refractivity contribution in [2.75, 3.05) is 40.9 Å². The van der Waals surface area contributed by atoms with Crippen LogP contribution in [0.25, 0.3) is 0 Å². The van der Waals surface area contributed by atoms with Gasteiger partial charge < -0.3 is 28.8 Å². The molecule has 0 saturated carbocycles. The molecule has 0 aromatic carbocycles. The van der Waals surface area contributed by atoms with Gasteiger partial charge in [-0.05, 0) is 70.6 Å². The molecule has 452 valence electrons. The topological polar surface area (TPSA) is 108 Å². The van der Waals surface area contributed by atoms with E-state index in [2.05, 4.69) is 67.8 Å². The van der Waals surface area contributed by atoms with Gasteiger partial charge in [-0.2, -0.15) is 0 Å². The number of hydrogen-bond donors (Lipinski definition) is 2. The Morgan fingerprint density at radius 3 is 1.14 bits per heavy atom. The molecule has 3 unspecified atom stereocenters. The largest absolute Gasteiger partial charge is 0.756 e. The smallest absolute Gasteiger partial charge is 0.268 e. The Morgan fingerprint density at radius 1 is 0.455 bits per heavy atom. The molecule has 0 aliphatic rings. The van der Waals surface area contributed by atoms with Crippen molar-refractivity contribution in [1.82, 2.24) is 5.32 Å². The highest BCUT2D eigenvalue weighted by Gasteiger charge is 2.23. The molecule has 0 rings (SSSR count). The highest BCUT2D eigenvalue weighted by molar-refractivity contribution is 7.45. The summed E-state index contributed by atoms with van der Waals surface area (Å²) in [5.74, 6) is -0.212. The number of quaternary nitrogens is 1. The standard InChI is InChI=1S/C68H129N2O6P/c1-6-8-10-12-14-16-18-20-22-24-26-28-30-31-32-33-34-35-36-37-38-40-41-43-45-47-49-51-53-55-57-59-61-67(71)66(65-76-77(73,74)75-64-63-70(3,4)5)69-68(72)62-60-58-56-54-52-50-48-46-44-42-39-29-27-25-23-21-19-17-15-13-11-9-7-2/h19,21,25,27,39,42,51,53,59,61,66-67,71H,6-18,20,22-24,26,28-38,40-41,43-50,52,54-58,60,62-65H2,1-5H3,(H-,69,72,73,74)/b21-19-,27-25-,42-39-,53-51+,61-59+. The summed E-state index contributed by atoms with van der Waals surface area (Å²) >= 11 is 0. The number of nitrogens with zero attached hydrogens (tertiary/aromatic N) is 1. The summed E-state index contributed by atoms with van der Waals surface area (Å²) in [5, 5.41) is 13.9. The second kappa shape index (κ2) is 58.8. The van der Waals surface area contributed by atoms with Gasteiger partial charge in [-0.15, -0.1) is 0 Å². The van der Waals surface area contributed by atoms with E-state index in [0.717, 1.165) is 64.2 Å². The summed E-state index contributed by atoms with van der Waals surface area (Å²) in [4.78, 5) is 25.6. The second-order valence-electron chi connectivity index (χ2n) is 23.8. The third kappa shape index (κ3) is 61.7.